The van der Waals surface area contributed by atoms with E-state index in [1.165, 1.54) is 5.56 Å². The summed E-state index contributed by atoms with van der Waals surface area (Å²) >= 11 is 0. The quantitative estimate of drug-likeness (QED) is 0.474. The summed E-state index contributed by atoms with van der Waals surface area (Å²) in [5, 5.41) is 3.44. The van der Waals surface area contributed by atoms with E-state index in [4.69, 9.17) is 11.5 Å². The van der Waals surface area contributed by atoms with Gasteiger partial charge in [0.25, 0.3) is 0 Å². The van der Waals surface area contributed by atoms with Crippen LogP contribution in [0.25, 0.3) is 0 Å². The lowest BCUT2D eigenvalue weighted by Gasteiger charge is -2.17. The van der Waals surface area contributed by atoms with Crippen LogP contribution in [0.4, 0.5) is 0 Å². The van der Waals surface area contributed by atoms with Crippen LogP contribution in [0.3, 0.4) is 0 Å². The molecule has 0 saturated carbocycles. The van der Waals surface area contributed by atoms with E-state index in [-0.39, 0.29) is 0 Å². The maximum Gasteiger partial charge on any atom is 0.0607 e. The summed E-state index contributed by atoms with van der Waals surface area (Å²) in [4.78, 5) is 0. The Morgan fingerprint density at radius 3 is 2.41 bits per heavy atom. The molecule has 0 aromatic heterocycles. The van der Waals surface area contributed by atoms with E-state index in [9.17, 15) is 0 Å². The summed E-state index contributed by atoms with van der Waals surface area (Å²) in [6.45, 7) is 3.95. The van der Waals surface area contributed by atoms with Gasteiger partial charge in [-0.05, 0) is 51.3 Å². The van der Waals surface area contributed by atoms with Crippen molar-refractivity contribution in [1.82, 2.24) is 5.32 Å². The molecule has 3 nitrogen and oxygen atoms in total. The normalized spacial score (nSPS) is 11.7. The minimum absolute atomic E-state index is 0.510. The predicted molar refractivity (Wildman–Crippen MR) is 73.6 cm³/mol. The summed E-state index contributed by atoms with van der Waals surface area (Å²) in [6.07, 6.45) is 4.19. The van der Waals surface area contributed by atoms with Crippen LogP contribution < -0.4 is 16.8 Å². The third-order valence-corrected chi connectivity index (χ3v) is 2.75. The molecule has 17 heavy (non-hydrogen) atoms. The second kappa shape index (κ2) is 7.43. The van der Waals surface area contributed by atoms with Crippen LogP contribution in [0.2, 0.25) is 0 Å². The maximum absolute atomic E-state index is 5.71. The van der Waals surface area contributed by atoms with Gasteiger partial charge in [-0.3, -0.25) is 0 Å². The van der Waals surface area contributed by atoms with Crippen LogP contribution in [0.5, 0.6) is 0 Å². The molecular formula is C14H25N3. The van der Waals surface area contributed by atoms with Crippen LogP contribution >= 0.6 is 0 Å². The van der Waals surface area contributed by atoms with Crippen LogP contribution in [0, 0.1) is 0 Å². The van der Waals surface area contributed by atoms with Gasteiger partial charge in [0.1, 0.15) is 0 Å². The zero-order valence-electron chi connectivity index (χ0n) is 10.8. The van der Waals surface area contributed by atoms with E-state index in [0.717, 1.165) is 38.8 Å². The molecule has 0 heterocycles. The highest BCUT2D eigenvalue weighted by Gasteiger charge is 2.09. The van der Waals surface area contributed by atoms with Crippen molar-refractivity contribution in [2.24, 2.45) is 11.5 Å². The second-order valence-electron chi connectivity index (χ2n) is 4.95. The first-order valence-electron chi connectivity index (χ1n) is 6.40. The molecule has 0 radical (unpaired) electrons. The molecule has 1 rings (SSSR count). The molecule has 1 aromatic rings. The Bertz CT molecular complexity index is 290. The lowest BCUT2D eigenvalue weighted by atomic mass is 10.1. The van der Waals surface area contributed by atoms with Crippen LogP contribution in [0.1, 0.15) is 31.7 Å². The highest BCUT2D eigenvalue weighted by molar-refractivity contribution is 5.14. The highest BCUT2D eigenvalue weighted by Crippen LogP contribution is 2.03. The Balaban J connectivity index is 1.95. The number of hydrogen-bond donors (Lipinski definition) is 3. The molecule has 96 valence electrons. The van der Waals surface area contributed by atoms with Gasteiger partial charge >= 0.3 is 0 Å². The minimum atomic E-state index is -0.510. The van der Waals surface area contributed by atoms with Crippen molar-refractivity contribution in [2.45, 2.75) is 38.3 Å². The van der Waals surface area contributed by atoms with E-state index < -0.39 is 5.66 Å². The lowest BCUT2D eigenvalue weighted by molar-refractivity contribution is 0.424. The average molecular weight is 235 g/mol. The molecule has 0 aliphatic heterocycles. The van der Waals surface area contributed by atoms with Crippen LogP contribution in [-0.4, -0.2) is 18.8 Å². The van der Waals surface area contributed by atoms with Gasteiger partial charge in [0.2, 0.25) is 0 Å². The first kappa shape index (κ1) is 14.2. The molecule has 0 bridgehead atoms. The zero-order valence-corrected chi connectivity index (χ0v) is 10.8. The smallest absolute Gasteiger partial charge is 0.0607 e. The van der Waals surface area contributed by atoms with Crippen molar-refractivity contribution in [2.75, 3.05) is 13.1 Å². The lowest BCUT2D eigenvalue weighted by Crippen LogP contribution is -2.45. The molecular weight excluding hydrogens is 210 g/mol. The Hall–Kier alpha value is -0.900. The van der Waals surface area contributed by atoms with Gasteiger partial charge in [-0.15, -0.1) is 0 Å². The van der Waals surface area contributed by atoms with E-state index in [1.807, 2.05) is 13.0 Å². The fourth-order valence-corrected chi connectivity index (χ4v) is 1.76. The van der Waals surface area contributed by atoms with E-state index in [2.05, 4.69) is 29.6 Å². The van der Waals surface area contributed by atoms with Gasteiger partial charge in [-0.2, -0.15) is 0 Å². The fourth-order valence-electron chi connectivity index (χ4n) is 1.76. The first-order valence-corrected chi connectivity index (χ1v) is 6.40. The minimum Gasteiger partial charge on any atom is -0.316 e. The molecule has 0 atom stereocenters. The molecule has 0 unspecified atom stereocenters. The van der Waals surface area contributed by atoms with E-state index in [0.29, 0.717) is 0 Å². The highest BCUT2D eigenvalue weighted by atomic mass is 14.9. The van der Waals surface area contributed by atoms with Gasteiger partial charge in [-0.25, -0.2) is 0 Å². The van der Waals surface area contributed by atoms with Crippen molar-refractivity contribution < 1.29 is 0 Å². The number of hydrogen-bond acceptors (Lipinski definition) is 3. The summed E-state index contributed by atoms with van der Waals surface area (Å²) in [6, 6.07) is 10.5. The SMILES string of the molecule is CC(N)(N)CCCCNCCc1ccccc1. The van der Waals surface area contributed by atoms with E-state index in [1.54, 1.807) is 0 Å². The summed E-state index contributed by atoms with van der Waals surface area (Å²) in [5.41, 5.74) is 12.3. The number of unbranched alkanes of at least 4 members (excludes halogenated alkanes) is 1. The third-order valence-electron chi connectivity index (χ3n) is 2.75. The molecule has 0 amide bonds. The Labute approximate surface area is 105 Å². The topological polar surface area (TPSA) is 64.1 Å². The molecule has 0 saturated heterocycles. The number of rotatable bonds is 8. The Kier molecular flexibility index (Phi) is 6.19. The summed E-state index contributed by atoms with van der Waals surface area (Å²) < 4.78 is 0. The van der Waals surface area contributed by atoms with E-state index >= 15 is 0 Å². The molecule has 3 heteroatoms. The van der Waals surface area contributed by atoms with Gasteiger partial charge in [-0.1, -0.05) is 30.3 Å². The summed E-state index contributed by atoms with van der Waals surface area (Å²) in [5.74, 6) is 0. The third kappa shape index (κ3) is 7.91. The molecule has 0 aliphatic rings. The Morgan fingerprint density at radius 2 is 1.76 bits per heavy atom. The van der Waals surface area contributed by atoms with Gasteiger partial charge in [0, 0.05) is 0 Å². The van der Waals surface area contributed by atoms with Crippen molar-refractivity contribution in [3.8, 4) is 0 Å². The average Bonchev–Trinajstić information content (AvgIpc) is 2.28. The first-order chi connectivity index (χ1) is 8.08. The number of nitrogens with one attached hydrogen (secondary N) is 1. The zero-order chi connectivity index (χ0) is 12.6. The van der Waals surface area contributed by atoms with Crippen molar-refractivity contribution >= 4 is 0 Å². The van der Waals surface area contributed by atoms with Crippen LogP contribution in [0.15, 0.2) is 30.3 Å². The Morgan fingerprint density at radius 1 is 1.06 bits per heavy atom. The molecule has 5 N–H and O–H groups in total. The molecule has 0 fully saturated rings. The second-order valence-corrected chi connectivity index (χ2v) is 4.95. The van der Waals surface area contributed by atoms with Gasteiger partial charge in [0.15, 0.2) is 0 Å². The number of benzene rings is 1. The van der Waals surface area contributed by atoms with Gasteiger partial charge in [0.05, 0.1) is 5.66 Å². The van der Waals surface area contributed by atoms with Gasteiger partial charge < -0.3 is 16.8 Å². The van der Waals surface area contributed by atoms with Crippen molar-refractivity contribution in [3.63, 3.8) is 0 Å². The molecule has 0 spiro atoms. The summed E-state index contributed by atoms with van der Waals surface area (Å²) in [7, 11) is 0. The largest absolute Gasteiger partial charge is 0.316 e. The monoisotopic (exact) mass is 235 g/mol. The maximum atomic E-state index is 5.71. The van der Waals surface area contributed by atoms with Crippen LogP contribution in [-0.2, 0) is 6.42 Å². The van der Waals surface area contributed by atoms with Crippen molar-refractivity contribution in [3.05, 3.63) is 35.9 Å². The fraction of sp³-hybridized carbons (Fsp3) is 0.571. The van der Waals surface area contributed by atoms with Crippen molar-refractivity contribution in [1.29, 1.82) is 0 Å². The number of nitrogens with two attached hydrogens (primary N) is 2. The molecule has 0 aliphatic carbocycles. The molecule has 1 aromatic carbocycles. The predicted octanol–water partition coefficient (Wildman–Crippen LogP) is 1.62. The standard InChI is InChI=1S/C14H25N3/c1-14(15,16)10-5-6-11-17-12-9-13-7-3-2-4-8-13/h2-4,7-8,17H,5-6,9-12,15-16H2,1H3.